The quantitative estimate of drug-likeness (QED) is 0.732. The van der Waals surface area contributed by atoms with Crippen LogP contribution < -0.4 is 5.32 Å². The van der Waals surface area contributed by atoms with Gasteiger partial charge >= 0.3 is 5.97 Å². The molecule has 1 saturated carbocycles. The molecule has 30 heavy (non-hydrogen) atoms. The molecule has 6 nitrogen and oxygen atoms in total. The number of rotatable bonds is 4. The van der Waals surface area contributed by atoms with Gasteiger partial charge in [-0.15, -0.1) is 0 Å². The number of amidine groups is 1. The summed E-state index contributed by atoms with van der Waals surface area (Å²) in [6.45, 7) is 0.577. The van der Waals surface area contributed by atoms with Gasteiger partial charge < -0.3 is 10.4 Å². The largest absolute Gasteiger partial charge is 0.480 e. The lowest BCUT2D eigenvalue weighted by atomic mass is 9.88. The van der Waals surface area contributed by atoms with Gasteiger partial charge in [-0.05, 0) is 29.7 Å². The lowest BCUT2D eigenvalue weighted by Gasteiger charge is -2.25. The monoisotopic (exact) mass is 417 g/mol. The molecular weight excluding hydrogens is 398 g/mol. The number of ketones is 1. The van der Waals surface area contributed by atoms with Crippen molar-refractivity contribution in [1.82, 2.24) is 0 Å². The van der Waals surface area contributed by atoms with E-state index in [0.717, 1.165) is 11.3 Å². The number of aliphatic carboxylic acids is 1. The third-order valence-corrected chi connectivity index (χ3v) is 6.32. The first-order valence-electron chi connectivity index (χ1n) is 9.77. The maximum atomic E-state index is 13.2. The summed E-state index contributed by atoms with van der Waals surface area (Å²) in [5.41, 5.74) is 4.67. The number of thioether (sulfide) groups is 1. The predicted molar refractivity (Wildman–Crippen MR) is 119 cm³/mol. The molecule has 7 heteroatoms. The smallest absolute Gasteiger partial charge is 0.322 e. The minimum atomic E-state index is -1.32. The average Bonchev–Trinajstić information content (AvgIpc) is 3.31. The number of hydrogen-bond donors (Lipinski definition) is 2. The highest BCUT2D eigenvalue weighted by molar-refractivity contribution is 8.15. The van der Waals surface area contributed by atoms with Crippen molar-refractivity contribution < 1.29 is 14.7 Å². The molecule has 1 unspecified atom stereocenters. The van der Waals surface area contributed by atoms with Gasteiger partial charge in [-0.25, -0.2) is 0 Å². The van der Waals surface area contributed by atoms with E-state index in [1.165, 1.54) is 17.3 Å². The molecule has 1 aliphatic carbocycles. The summed E-state index contributed by atoms with van der Waals surface area (Å²) in [6.07, 6.45) is 2.76. The lowest BCUT2D eigenvalue weighted by molar-refractivity contribution is -0.137. The van der Waals surface area contributed by atoms with E-state index in [-0.39, 0.29) is 17.8 Å². The maximum absolute atomic E-state index is 13.2. The molecule has 0 bridgehead atoms. The van der Waals surface area contributed by atoms with Crippen LogP contribution >= 0.6 is 11.8 Å². The van der Waals surface area contributed by atoms with Crippen LogP contribution in [0.3, 0.4) is 0 Å². The summed E-state index contributed by atoms with van der Waals surface area (Å²) < 4.78 is 0. The number of fused-ring (bicyclic) bond motifs is 1. The fourth-order valence-electron chi connectivity index (χ4n) is 3.97. The molecule has 3 atom stereocenters. The highest BCUT2D eigenvalue weighted by atomic mass is 32.2. The van der Waals surface area contributed by atoms with Gasteiger partial charge in [0.25, 0.3) is 0 Å². The Morgan fingerprint density at radius 1 is 1.20 bits per heavy atom. The first kappa shape index (κ1) is 18.8. The van der Waals surface area contributed by atoms with Gasteiger partial charge in [0.2, 0.25) is 0 Å². The Morgan fingerprint density at radius 3 is 2.77 bits per heavy atom. The lowest BCUT2D eigenvalue weighted by Crippen LogP contribution is -2.41. The molecule has 3 aliphatic rings. The summed E-state index contributed by atoms with van der Waals surface area (Å²) in [7, 11) is 0. The van der Waals surface area contributed by atoms with Crippen molar-refractivity contribution in [2.75, 3.05) is 11.9 Å². The van der Waals surface area contributed by atoms with Crippen molar-refractivity contribution in [3.05, 3.63) is 70.1 Å². The SMILES string of the molecule is O=C(O)C1C(=O)c2c(/C=C3/CN=CS3)cccc2NC1=N[C@@H]1C[C@H]1c1ccccc1. The molecule has 5 rings (SSSR count). The molecule has 0 spiro atoms. The van der Waals surface area contributed by atoms with Gasteiger partial charge in [0, 0.05) is 16.4 Å². The van der Waals surface area contributed by atoms with Gasteiger partial charge in [-0.2, -0.15) is 0 Å². The number of benzene rings is 2. The van der Waals surface area contributed by atoms with Crippen molar-refractivity contribution in [2.45, 2.75) is 18.4 Å². The van der Waals surface area contributed by atoms with E-state index >= 15 is 0 Å². The van der Waals surface area contributed by atoms with Crippen LogP contribution in [-0.2, 0) is 4.79 Å². The highest BCUT2D eigenvalue weighted by Gasteiger charge is 2.43. The van der Waals surface area contributed by atoms with E-state index in [1.54, 1.807) is 11.6 Å². The third kappa shape index (κ3) is 3.45. The summed E-state index contributed by atoms with van der Waals surface area (Å²) >= 11 is 1.51. The number of anilines is 1. The molecule has 2 N–H and O–H groups in total. The molecule has 2 aliphatic heterocycles. The van der Waals surface area contributed by atoms with Crippen LogP contribution in [0.15, 0.2) is 63.4 Å². The zero-order chi connectivity index (χ0) is 20.7. The molecule has 150 valence electrons. The van der Waals surface area contributed by atoms with Crippen molar-refractivity contribution >= 4 is 46.7 Å². The molecular formula is C23H19N3O3S. The normalized spacial score (nSPS) is 27.2. The van der Waals surface area contributed by atoms with E-state index < -0.39 is 17.7 Å². The second kappa shape index (κ2) is 7.57. The molecule has 2 heterocycles. The number of carbonyl (C=O) groups is 2. The number of carboxylic acid groups (broad SMARTS) is 1. The van der Waals surface area contributed by atoms with Crippen molar-refractivity contribution in [2.24, 2.45) is 15.9 Å². The Morgan fingerprint density at radius 2 is 2.03 bits per heavy atom. The van der Waals surface area contributed by atoms with E-state index in [2.05, 4.69) is 27.4 Å². The van der Waals surface area contributed by atoms with E-state index in [1.807, 2.05) is 36.4 Å². The van der Waals surface area contributed by atoms with Gasteiger partial charge in [-0.3, -0.25) is 19.6 Å². The second-order valence-electron chi connectivity index (χ2n) is 7.54. The molecule has 2 aromatic carbocycles. The van der Waals surface area contributed by atoms with Gasteiger partial charge in [0.15, 0.2) is 11.7 Å². The van der Waals surface area contributed by atoms with Crippen LogP contribution in [0.5, 0.6) is 0 Å². The van der Waals surface area contributed by atoms with Crippen LogP contribution in [-0.4, -0.2) is 40.8 Å². The van der Waals surface area contributed by atoms with Gasteiger partial charge in [0.05, 0.1) is 23.8 Å². The summed E-state index contributed by atoms with van der Waals surface area (Å²) in [5.74, 6) is -2.44. The van der Waals surface area contributed by atoms with Crippen LogP contribution in [0.2, 0.25) is 0 Å². The van der Waals surface area contributed by atoms with Crippen molar-refractivity contribution in [3.8, 4) is 0 Å². The fraction of sp³-hybridized carbons (Fsp3) is 0.217. The molecule has 0 amide bonds. The fourth-order valence-corrected chi connectivity index (χ4v) is 4.60. The van der Waals surface area contributed by atoms with Crippen LogP contribution in [0, 0.1) is 5.92 Å². The Kier molecular flexibility index (Phi) is 4.75. The molecule has 1 fully saturated rings. The van der Waals surface area contributed by atoms with Gasteiger partial charge in [0.1, 0.15) is 5.84 Å². The number of carboxylic acids is 1. The Hall–Kier alpha value is -3.19. The summed E-state index contributed by atoms with van der Waals surface area (Å²) in [4.78, 5) is 35.1. The Bertz CT molecular complexity index is 1110. The first-order chi connectivity index (χ1) is 14.6. The standard InChI is InChI=1S/C23H19N3O3S/c27-21-19-14(9-15-11-24-12-30-15)7-4-8-17(19)25-22(20(21)23(28)29)26-18-10-16(18)13-5-2-1-3-6-13/h1-9,12,16,18,20H,10-11H2,(H,25,26)(H,28,29)/b15-9-/t16-,18+,20?/m0/s1. The highest BCUT2D eigenvalue weighted by Crippen LogP contribution is 2.44. The van der Waals surface area contributed by atoms with Crippen LogP contribution in [0.4, 0.5) is 5.69 Å². The first-order valence-corrected chi connectivity index (χ1v) is 10.6. The Balaban J connectivity index is 1.48. The minimum absolute atomic E-state index is 0.0107. The summed E-state index contributed by atoms with van der Waals surface area (Å²) in [6, 6.07) is 15.5. The third-order valence-electron chi connectivity index (χ3n) is 5.52. The van der Waals surface area contributed by atoms with Crippen LogP contribution in [0.1, 0.15) is 33.8 Å². The molecule has 0 aromatic heterocycles. The van der Waals surface area contributed by atoms with Crippen molar-refractivity contribution in [1.29, 1.82) is 0 Å². The van der Waals surface area contributed by atoms with Crippen LogP contribution in [0.25, 0.3) is 6.08 Å². The molecule has 2 aromatic rings. The minimum Gasteiger partial charge on any atom is -0.480 e. The predicted octanol–water partition coefficient (Wildman–Crippen LogP) is 4.07. The average molecular weight is 417 g/mol. The number of nitrogens with one attached hydrogen (secondary N) is 1. The second-order valence-corrected chi connectivity index (χ2v) is 8.51. The van der Waals surface area contributed by atoms with Crippen molar-refractivity contribution in [3.63, 3.8) is 0 Å². The topological polar surface area (TPSA) is 91.1 Å². The van der Waals surface area contributed by atoms with E-state index in [4.69, 9.17) is 0 Å². The maximum Gasteiger partial charge on any atom is 0.322 e. The van der Waals surface area contributed by atoms with E-state index in [0.29, 0.717) is 23.4 Å². The number of nitrogens with zero attached hydrogens (tertiary/aromatic N) is 2. The Labute approximate surface area is 177 Å². The number of aliphatic imine (C=N–C) groups is 2. The number of Topliss-reactive ketones (excluding diaryl/α,β-unsaturated/α-hetero) is 1. The zero-order valence-corrected chi connectivity index (χ0v) is 16.8. The number of hydrogen-bond acceptors (Lipinski definition) is 5. The summed E-state index contributed by atoms with van der Waals surface area (Å²) in [5, 5.41) is 13.0. The van der Waals surface area contributed by atoms with E-state index in [9.17, 15) is 14.7 Å². The molecule has 0 radical (unpaired) electrons. The number of carbonyl (C=O) groups excluding carboxylic acids is 1. The zero-order valence-electron chi connectivity index (χ0n) is 16.0. The molecule has 0 saturated heterocycles. The van der Waals surface area contributed by atoms with Gasteiger partial charge in [-0.1, -0.05) is 54.2 Å².